The summed E-state index contributed by atoms with van der Waals surface area (Å²) in [6.45, 7) is 0. The van der Waals surface area contributed by atoms with Gasteiger partial charge in [-0.1, -0.05) is 30.3 Å². The molecule has 0 amide bonds. The van der Waals surface area contributed by atoms with E-state index in [1.165, 1.54) is 56.7 Å². The van der Waals surface area contributed by atoms with Crippen LogP contribution in [0.3, 0.4) is 0 Å². The van der Waals surface area contributed by atoms with E-state index in [9.17, 15) is 22.8 Å². The molecule has 0 saturated carbocycles. The van der Waals surface area contributed by atoms with Gasteiger partial charge in [-0.05, 0) is 23.8 Å². The molecule has 2 rings (SSSR count). The van der Waals surface area contributed by atoms with Crippen molar-refractivity contribution < 1.29 is 37.0 Å². The maximum atomic E-state index is 13.3. The fourth-order valence-corrected chi connectivity index (χ4v) is 2.20. The van der Waals surface area contributed by atoms with E-state index in [1.54, 1.807) is 6.07 Å². The molecule has 8 heteroatoms. The van der Waals surface area contributed by atoms with E-state index in [-0.39, 0.29) is 22.6 Å². The number of methoxy groups -OCH3 is 2. The van der Waals surface area contributed by atoms with E-state index in [4.69, 9.17) is 9.47 Å². The minimum Gasteiger partial charge on any atom is -0.493 e. The quantitative estimate of drug-likeness (QED) is 0.445. The van der Waals surface area contributed by atoms with Crippen LogP contribution in [0.5, 0.6) is 11.5 Å². The summed E-state index contributed by atoms with van der Waals surface area (Å²) < 4.78 is 54.4. The van der Waals surface area contributed by atoms with Gasteiger partial charge in [0.2, 0.25) is 0 Å². The molecule has 5 nitrogen and oxygen atoms in total. The number of hydrogen-bond acceptors (Lipinski definition) is 5. The Morgan fingerprint density at radius 3 is 2.15 bits per heavy atom. The van der Waals surface area contributed by atoms with Crippen molar-refractivity contribution in [3.63, 3.8) is 0 Å². The third-order valence-electron chi connectivity index (χ3n) is 3.45. The Morgan fingerprint density at radius 1 is 0.926 bits per heavy atom. The molecular formula is C19H15F3O5. The molecule has 27 heavy (non-hydrogen) atoms. The van der Waals surface area contributed by atoms with E-state index in [0.717, 1.165) is 0 Å². The third-order valence-corrected chi connectivity index (χ3v) is 3.45. The fourth-order valence-electron chi connectivity index (χ4n) is 2.20. The average Bonchev–Trinajstić information content (AvgIpc) is 2.65. The highest BCUT2D eigenvalue weighted by Crippen LogP contribution is 2.34. The summed E-state index contributed by atoms with van der Waals surface area (Å²) in [4.78, 5) is 23.5. The van der Waals surface area contributed by atoms with E-state index in [1.807, 2.05) is 0 Å². The lowest BCUT2D eigenvalue weighted by atomic mass is 10.1. The Morgan fingerprint density at radius 2 is 1.59 bits per heavy atom. The maximum Gasteiger partial charge on any atom is 0.417 e. The lowest BCUT2D eigenvalue weighted by Gasteiger charge is -2.13. The highest BCUT2D eigenvalue weighted by atomic mass is 19.4. The van der Waals surface area contributed by atoms with Gasteiger partial charge in [0.1, 0.15) is 0 Å². The predicted octanol–water partition coefficient (Wildman–Crippen LogP) is 4.03. The van der Waals surface area contributed by atoms with E-state index < -0.39 is 23.7 Å². The lowest BCUT2D eigenvalue weighted by molar-refractivity contribution is -0.129. The number of halogens is 3. The molecule has 142 valence electrons. The lowest BCUT2D eigenvalue weighted by Crippen LogP contribution is -2.15. The molecule has 0 unspecified atom stereocenters. The zero-order valence-corrected chi connectivity index (χ0v) is 14.4. The second kappa shape index (κ2) is 8.39. The Kier molecular flexibility index (Phi) is 6.23. The SMILES string of the molecule is COC(=O)c1ccc(OC(=O)/C=C(/c2ccccc2)C(F)(F)F)c(OC)c1. The zero-order valence-electron chi connectivity index (χ0n) is 14.4. The Bertz CT molecular complexity index is 857. The van der Waals surface area contributed by atoms with Gasteiger partial charge in [0.05, 0.1) is 25.4 Å². The summed E-state index contributed by atoms with van der Waals surface area (Å²) in [6, 6.07) is 10.7. The highest BCUT2D eigenvalue weighted by molar-refractivity contribution is 5.94. The number of esters is 2. The molecular weight excluding hydrogens is 365 g/mol. The van der Waals surface area contributed by atoms with Gasteiger partial charge in [-0.2, -0.15) is 13.2 Å². The van der Waals surface area contributed by atoms with Crippen LogP contribution in [-0.4, -0.2) is 32.3 Å². The van der Waals surface area contributed by atoms with Crippen LogP contribution in [0.4, 0.5) is 13.2 Å². The number of carbonyl (C=O) groups excluding carboxylic acids is 2. The molecule has 0 bridgehead atoms. The van der Waals surface area contributed by atoms with Gasteiger partial charge in [-0.25, -0.2) is 9.59 Å². The van der Waals surface area contributed by atoms with Crippen LogP contribution in [-0.2, 0) is 9.53 Å². The average molecular weight is 380 g/mol. The molecule has 2 aromatic rings. The van der Waals surface area contributed by atoms with E-state index in [2.05, 4.69) is 4.74 Å². The molecule has 0 N–H and O–H groups in total. The number of rotatable bonds is 5. The van der Waals surface area contributed by atoms with Gasteiger partial charge >= 0.3 is 18.1 Å². The molecule has 0 aromatic heterocycles. The Hall–Kier alpha value is -3.29. The van der Waals surface area contributed by atoms with Crippen LogP contribution in [0.2, 0.25) is 0 Å². The second-order valence-corrected chi connectivity index (χ2v) is 5.20. The van der Waals surface area contributed by atoms with Crippen molar-refractivity contribution in [1.82, 2.24) is 0 Å². The number of alkyl halides is 3. The normalized spacial score (nSPS) is 11.7. The summed E-state index contributed by atoms with van der Waals surface area (Å²) in [5.74, 6) is -2.03. The van der Waals surface area contributed by atoms with E-state index >= 15 is 0 Å². The largest absolute Gasteiger partial charge is 0.493 e. The van der Waals surface area contributed by atoms with Gasteiger partial charge in [0.25, 0.3) is 0 Å². The minimum atomic E-state index is -4.75. The standard InChI is InChI=1S/C19H15F3O5/c1-25-16-10-13(18(24)26-2)8-9-15(16)27-17(23)11-14(19(20,21)22)12-6-4-3-5-7-12/h3-11H,1-2H3/b14-11-. The molecule has 0 atom stereocenters. The molecule has 2 aromatic carbocycles. The maximum absolute atomic E-state index is 13.3. The fraction of sp³-hybridized carbons (Fsp3) is 0.158. The summed E-state index contributed by atoms with van der Waals surface area (Å²) >= 11 is 0. The van der Waals surface area contributed by atoms with Crippen LogP contribution < -0.4 is 9.47 Å². The summed E-state index contributed by atoms with van der Waals surface area (Å²) in [7, 11) is 2.45. The van der Waals surface area contributed by atoms with Gasteiger partial charge in [0, 0.05) is 6.08 Å². The van der Waals surface area contributed by atoms with Crippen LogP contribution >= 0.6 is 0 Å². The molecule has 0 aliphatic rings. The number of allylic oxidation sites excluding steroid dienone is 1. The van der Waals surface area contributed by atoms with Crippen molar-refractivity contribution in [2.45, 2.75) is 6.18 Å². The summed E-state index contributed by atoms with van der Waals surface area (Å²) in [5, 5.41) is 0. The minimum absolute atomic E-state index is 0.00656. The van der Waals surface area contributed by atoms with Crippen molar-refractivity contribution in [3.8, 4) is 11.5 Å². The number of hydrogen-bond donors (Lipinski definition) is 0. The molecule has 0 heterocycles. The molecule has 0 radical (unpaired) electrons. The topological polar surface area (TPSA) is 61.8 Å². The van der Waals surface area contributed by atoms with Crippen molar-refractivity contribution in [3.05, 3.63) is 65.7 Å². The monoisotopic (exact) mass is 380 g/mol. The predicted molar refractivity (Wildman–Crippen MR) is 90.4 cm³/mol. The second-order valence-electron chi connectivity index (χ2n) is 5.20. The molecule has 0 aliphatic carbocycles. The van der Waals surface area contributed by atoms with Crippen LogP contribution in [0.25, 0.3) is 5.57 Å². The summed E-state index contributed by atoms with van der Waals surface area (Å²) in [6.07, 6.45) is -4.39. The molecule has 0 fully saturated rings. The van der Waals surface area contributed by atoms with Gasteiger partial charge in [-0.3, -0.25) is 0 Å². The highest BCUT2D eigenvalue weighted by Gasteiger charge is 2.35. The number of ether oxygens (including phenoxy) is 3. The van der Waals surface area contributed by atoms with Crippen molar-refractivity contribution in [2.75, 3.05) is 14.2 Å². The van der Waals surface area contributed by atoms with Gasteiger partial charge < -0.3 is 14.2 Å². The molecule has 0 saturated heterocycles. The smallest absolute Gasteiger partial charge is 0.417 e. The molecule has 0 spiro atoms. The first kappa shape index (κ1) is 20.0. The van der Waals surface area contributed by atoms with Gasteiger partial charge in [-0.15, -0.1) is 0 Å². The van der Waals surface area contributed by atoms with Crippen molar-refractivity contribution >= 4 is 17.5 Å². The number of benzene rings is 2. The van der Waals surface area contributed by atoms with Crippen LogP contribution in [0.1, 0.15) is 15.9 Å². The summed E-state index contributed by atoms with van der Waals surface area (Å²) in [5.41, 5.74) is -1.18. The molecule has 0 aliphatic heterocycles. The first-order chi connectivity index (χ1) is 12.8. The van der Waals surface area contributed by atoms with Crippen molar-refractivity contribution in [2.24, 2.45) is 0 Å². The third kappa shape index (κ3) is 5.10. The Labute approximate surface area is 153 Å². The number of carbonyl (C=O) groups is 2. The van der Waals surface area contributed by atoms with Gasteiger partial charge in [0.15, 0.2) is 11.5 Å². The first-order valence-electron chi connectivity index (χ1n) is 7.58. The van der Waals surface area contributed by atoms with Crippen LogP contribution in [0.15, 0.2) is 54.6 Å². The zero-order chi connectivity index (χ0) is 20.0. The Balaban J connectivity index is 2.32. The first-order valence-corrected chi connectivity index (χ1v) is 7.58. The van der Waals surface area contributed by atoms with Crippen molar-refractivity contribution in [1.29, 1.82) is 0 Å². The van der Waals surface area contributed by atoms with E-state index in [0.29, 0.717) is 6.08 Å². The van der Waals surface area contributed by atoms with Crippen LogP contribution in [0, 0.1) is 0 Å².